The van der Waals surface area contributed by atoms with Crippen LogP contribution in [0.15, 0.2) is 59.5 Å². The van der Waals surface area contributed by atoms with E-state index in [0.717, 1.165) is 0 Å². The summed E-state index contributed by atoms with van der Waals surface area (Å²) in [5.41, 5.74) is 1.36. The zero-order valence-corrected chi connectivity index (χ0v) is 15.6. The highest BCUT2D eigenvalue weighted by atomic mass is 35.5. The molecule has 0 fully saturated rings. The summed E-state index contributed by atoms with van der Waals surface area (Å²) in [6.07, 6.45) is 3.22. The van der Waals surface area contributed by atoms with Gasteiger partial charge in [0.1, 0.15) is 33.7 Å². The number of ether oxygens (including phenoxy) is 1. The van der Waals surface area contributed by atoms with Crippen molar-refractivity contribution in [1.29, 1.82) is 0 Å². The van der Waals surface area contributed by atoms with Gasteiger partial charge in [-0.1, -0.05) is 11.6 Å². The van der Waals surface area contributed by atoms with E-state index in [-0.39, 0.29) is 22.1 Å². The Labute approximate surface area is 165 Å². The Hall–Kier alpha value is -3.45. The number of allylic oxidation sites excluding steroid dienone is 2. The van der Waals surface area contributed by atoms with E-state index in [0.29, 0.717) is 29.4 Å². The molecular formula is C20H15ClN4O3. The van der Waals surface area contributed by atoms with Crippen molar-refractivity contribution < 1.29 is 14.3 Å². The average Bonchev–Trinajstić information content (AvgIpc) is 3.18. The van der Waals surface area contributed by atoms with Crippen LogP contribution in [0.4, 0.5) is 5.69 Å². The molecule has 2 heterocycles. The molecular weight excluding hydrogens is 380 g/mol. The van der Waals surface area contributed by atoms with Crippen LogP contribution in [0.2, 0.25) is 0 Å². The fourth-order valence-electron chi connectivity index (χ4n) is 2.84. The van der Waals surface area contributed by atoms with Crippen LogP contribution in [0.25, 0.3) is 11.4 Å². The molecule has 0 radical (unpaired) electrons. The number of carbonyl (C=O) groups is 2. The Morgan fingerprint density at radius 3 is 2.61 bits per heavy atom. The quantitative estimate of drug-likeness (QED) is 0.683. The molecule has 7 nitrogen and oxygen atoms in total. The molecule has 0 unspecified atom stereocenters. The van der Waals surface area contributed by atoms with Gasteiger partial charge in [0.05, 0.1) is 6.61 Å². The van der Waals surface area contributed by atoms with Gasteiger partial charge in [-0.05, 0) is 43.3 Å². The molecule has 8 heteroatoms. The van der Waals surface area contributed by atoms with Gasteiger partial charge in [-0.3, -0.25) is 14.6 Å². The first-order valence-electron chi connectivity index (χ1n) is 8.58. The van der Waals surface area contributed by atoms with Crippen molar-refractivity contribution in [3.05, 3.63) is 70.9 Å². The van der Waals surface area contributed by atoms with Crippen LogP contribution in [0.5, 0.6) is 5.75 Å². The van der Waals surface area contributed by atoms with Crippen molar-refractivity contribution in [2.24, 2.45) is 0 Å². The topological polar surface area (TPSA) is 97.0 Å². The highest BCUT2D eigenvalue weighted by Crippen LogP contribution is 2.30. The summed E-state index contributed by atoms with van der Waals surface area (Å²) in [7, 11) is 0. The number of hydrogen-bond donors (Lipinski definition) is 2. The number of carbonyl (C=O) groups excluding carboxylic acids is 2. The number of imidazole rings is 1. The number of H-pyrrole nitrogens is 1. The van der Waals surface area contributed by atoms with E-state index < -0.39 is 11.6 Å². The minimum Gasteiger partial charge on any atom is -0.494 e. The predicted molar refractivity (Wildman–Crippen MR) is 105 cm³/mol. The molecule has 0 saturated heterocycles. The van der Waals surface area contributed by atoms with E-state index in [2.05, 4.69) is 20.3 Å². The van der Waals surface area contributed by atoms with Gasteiger partial charge in [0.25, 0.3) is 0 Å². The molecule has 0 atom stereocenters. The van der Waals surface area contributed by atoms with Crippen LogP contribution in [0.3, 0.4) is 0 Å². The number of rotatable bonds is 5. The number of anilines is 1. The number of Topliss-reactive ketones (excluding diaryl/α,β-unsaturated/α-hetero) is 2. The summed E-state index contributed by atoms with van der Waals surface area (Å²) in [5.74, 6) is 0.133. The first-order chi connectivity index (χ1) is 13.6. The van der Waals surface area contributed by atoms with Crippen LogP contribution < -0.4 is 10.1 Å². The normalized spacial score (nSPS) is 13.5. The molecule has 0 saturated carbocycles. The molecule has 0 spiro atoms. The first kappa shape index (κ1) is 17.9. The number of halogens is 1. The highest BCUT2D eigenvalue weighted by Gasteiger charge is 2.35. The van der Waals surface area contributed by atoms with E-state index in [9.17, 15) is 9.59 Å². The number of nitrogens with zero attached hydrogens (tertiary/aromatic N) is 2. The molecule has 140 valence electrons. The van der Waals surface area contributed by atoms with Gasteiger partial charge in [-0.15, -0.1) is 0 Å². The number of ketones is 2. The molecule has 28 heavy (non-hydrogen) atoms. The molecule has 1 aromatic carbocycles. The third-order valence-electron chi connectivity index (χ3n) is 4.16. The summed E-state index contributed by atoms with van der Waals surface area (Å²) in [5, 5.41) is 2.74. The summed E-state index contributed by atoms with van der Waals surface area (Å²) in [6.45, 7) is 2.45. The van der Waals surface area contributed by atoms with E-state index >= 15 is 0 Å². The van der Waals surface area contributed by atoms with Crippen molar-refractivity contribution in [3.63, 3.8) is 0 Å². The van der Waals surface area contributed by atoms with E-state index in [1.54, 1.807) is 48.8 Å². The Morgan fingerprint density at radius 1 is 1.14 bits per heavy atom. The second-order valence-electron chi connectivity index (χ2n) is 5.98. The molecule has 4 rings (SSSR count). The van der Waals surface area contributed by atoms with Crippen LogP contribution >= 0.6 is 11.6 Å². The molecule has 1 aliphatic rings. The maximum absolute atomic E-state index is 12.9. The zero-order valence-electron chi connectivity index (χ0n) is 14.8. The van der Waals surface area contributed by atoms with Gasteiger partial charge in [-0.2, -0.15) is 0 Å². The number of benzene rings is 1. The Balaban J connectivity index is 1.65. The highest BCUT2D eigenvalue weighted by molar-refractivity contribution is 6.50. The minimum atomic E-state index is -0.493. The summed E-state index contributed by atoms with van der Waals surface area (Å²) >= 11 is 6.20. The standard InChI is InChI=1S/C20H15ClN4O3/c1-2-28-13-7-5-12(6-8-13)23-15-14(21)18(26)16-17(19(15)27)25-20(24-16)11-4-3-9-22-10-11/h3-10,23H,2H2,1H3,(H,24,25). The number of fused-ring (bicyclic) bond motifs is 1. The van der Waals surface area contributed by atoms with Gasteiger partial charge in [0, 0.05) is 23.6 Å². The van der Waals surface area contributed by atoms with Crippen molar-refractivity contribution in [2.45, 2.75) is 6.92 Å². The number of pyridine rings is 1. The third kappa shape index (κ3) is 3.16. The lowest BCUT2D eigenvalue weighted by Gasteiger charge is -2.16. The molecule has 2 N–H and O–H groups in total. The summed E-state index contributed by atoms with van der Waals surface area (Å²) in [6, 6.07) is 10.5. The van der Waals surface area contributed by atoms with Gasteiger partial charge < -0.3 is 15.0 Å². The maximum Gasteiger partial charge on any atom is 0.231 e. The summed E-state index contributed by atoms with van der Waals surface area (Å²) < 4.78 is 5.40. The molecule has 3 aromatic rings. The predicted octanol–water partition coefficient (Wildman–Crippen LogP) is 3.81. The first-order valence-corrected chi connectivity index (χ1v) is 8.95. The fourth-order valence-corrected chi connectivity index (χ4v) is 3.07. The van der Waals surface area contributed by atoms with Crippen LogP contribution in [0.1, 0.15) is 27.9 Å². The van der Waals surface area contributed by atoms with Crippen molar-refractivity contribution in [2.75, 3.05) is 11.9 Å². The smallest absolute Gasteiger partial charge is 0.231 e. The molecule has 1 aliphatic carbocycles. The number of aromatic amines is 1. The average molecular weight is 395 g/mol. The fraction of sp³-hybridized carbons (Fsp3) is 0.100. The van der Waals surface area contributed by atoms with Crippen LogP contribution in [-0.4, -0.2) is 33.1 Å². The molecule has 2 aromatic heterocycles. The van der Waals surface area contributed by atoms with Gasteiger partial charge in [0.15, 0.2) is 0 Å². The van der Waals surface area contributed by atoms with Crippen molar-refractivity contribution >= 4 is 28.9 Å². The monoisotopic (exact) mass is 394 g/mol. The lowest BCUT2D eigenvalue weighted by molar-refractivity contribution is 0.0977. The van der Waals surface area contributed by atoms with Crippen LogP contribution in [-0.2, 0) is 0 Å². The summed E-state index contributed by atoms with van der Waals surface area (Å²) in [4.78, 5) is 36.8. The minimum absolute atomic E-state index is 0.00689. The van der Waals surface area contributed by atoms with E-state index in [1.165, 1.54) is 0 Å². The largest absolute Gasteiger partial charge is 0.494 e. The van der Waals surface area contributed by atoms with Gasteiger partial charge in [0.2, 0.25) is 11.6 Å². The lowest BCUT2D eigenvalue weighted by atomic mass is 10.0. The van der Waals surface area contributed by atoms with Gasteiger partial charge >= 0.3 is 0 Å². The molecule has 0 bridgehead atoms. The second kappa shape index (κ2) is 7.28. The molecule has 0 amide bonds. The SMILES string of the molecule is CCOc1ccc(NC2=C(Cl)C(=O)c3[nH]c(-c4cccnc4)nc3C2=O)cc1. The number of hydrogen-bond acceptors (Lipinski definition) is 6. The number of nitrogens with one attached hydrogen (secondary N) is 2. The zero-order chi connectivity index (χ0) is 19.7. The maximum atomic E-state index is 12.9. The van der Waals surface area contributed by atoms with E-state index in [4.69, 9.17) is 16.3 Å². The van der Waals surface area contributed by atoms with Crippen LogP contribution in [0, 0.1) is 0 Å². The second-order valence-corrected chi connectivity index (χ2v) is 6.36. The number of aromatic nitrogens is 3. The van der Waals surface area contributed by atoms with Gasteiger partial charge in [-0.25, -0.2) is 4.98 Å². The molecule has 0 aliphatic heterocycles. The Kier molecular flexibility index (Phi) is 4.67. The third-order valence-corrected chi connectivity index (χ3v) is 4.52. The van der Waals surface area contributed by atoms with Crippen molar-refractivity contribution in [3.8, 4) is 17.1 Å². The van der Waals surface area contributed by atoms with Crippen molar-refractivity contribution in [1.82, 2.24) is 15.0 Å². The Bertz CT molecular complexity index is 1090. The lowest BCUT2D eigenvalue weighted by Crippen LogP contribution is -2.24. The Morgan fingerprint density at radius 2 is 1.93 bits per heavy atom. The van der Waals surface area contributed by atoms with E-state index in [1.807, 2.05) is 6.92 Å².